The van der Waals surface area contributed by atoms with Crippen molar-refractivity contribution in [3.63, 3.8) is 0 Å². The predicted octanol–water partition coefficient (Wildman–Crippen LogP) is 4.87. The zero-order chi connectivity index (χ0) is 21.1. The van der Waals surface area contributed by atoms with Gasteiger partial charge in [-0.1, -0.05) is 61.9 Å². The van der Waals surface area contributed by atoms with Crippen molar-refractivity contribution in [3.8, 4) is 0 Å². The zero-order valence-corrected chi connectivity index (χ0v) is 17.1. The van der Waals surface area contributed by atoms with Gasteiger partial charge in [-0.3, -0.25) is 4.79 Å². The van der Waals surface area contributed by atoms with Crippen LogP contribution in [0.15, 0.2) is 72.0 Å². The molecular weight excluding hydrogens is 378 g/mol. The van der Waals surface area contributed by atoms with Crippen molar-refractivity contribution in [1.82, 2.24) is 5.32 Å². The van der Waals surface area contributed by atoms with Crippen LogP contribution in [-0.4, -0.2) is 22.6 Å². The smallest absolute Gasteiger partial charge is 0.338 e. The quantitative estimate of drug-likeness (QED) is 0.696. The van der Waals surface area contributed by atoms with Gasteiger partial charge >= 0.3 is 5.97 Å². The van der Waals surface area contributed by atoms with Gasteiger partial charge in [-0.2, -0.15) is 0 Å². The Balaban J connectivity index is 1.68. The molecule has 1 heterocycles. The number of hydrogen-bond acceptors (Lipinski definition) is 4. The summed E-state index contributed by atoms with van der Waals surface area (Å²) in [5.74, 6) is -1.10. The first-order chi connectivity index (χ1) is 14.5. The molecule has 0 bridgehead atoms. The molecule has 0 saturated heterocycles. The van der Waals surface area contributed by atoms with E-state index in [0.717, 1.165) is 24.8 Å². The van der Waals surface area contributed by atoms with Crippen LogP contribution in [0.2, 0.25) is 0 Å². The number of hydrogen-bond donors (Lipinski definition) is 2. The fourth-order valence-corrected chi connectivity index (χ4v) is 4.62. The molecule has 30 heavy (non-hydrogen) atoms. The van der Waals surface area contributed by atoms with Gasteiger partial charge in [0.15, 0.2) is 5.60 Å². The van der Waals surface area contributed by atoms with Crippen molar-refractivity contribution in [2.45, 2.75) is 50.7 Å². The molecule has 0 radical (unpaired) electrons. The number of rotatable bonds is 5. The van der Waals surface area contributed by atoms with E-state index >= 15 is 0 Å². The third-order valence-corrected chi connectivity index (χ3v) is 6.29. The molecule has 0 aromatic heterocycles. The molecule has 2 atom stereocenters. The number of aliphatic hydroxyl groups is 1. The lowest BCUT2D eigenvalue weighted by atomic mass is 9.80. The third-order valence-electron chi connectivity index (χ3n) is 6.29. The third kappa shape index (κ3) is 3.72. The number of aliphatic hydroxyl groups excluding tert-OH is 1. The van der Waals surface area contributed by atoms with Gasteiger partial charge < -0.3 is 15.2 Å². The summed E-state index contributed by atoms with van der Waals surface area (Å²) in [6.07, 6.45) is 4.22. The second-order valence-corrected chi connectivity index (χ2v) is 8.22. The molecule has 4 rings (SSSR count). The maximum atomic E-state index is 12.9. The van der Waals surface area contributed by atoms with Gasteiger partial charge in [-0.25, -0.2) is 4.79 Å². The van der Waals surface area contributed by atoms with E-state index < -0.39 is 23.5 Å². The summed E-state index contributed by atoms with van der Waals surface area (Å²) >= 11 is 0. The maximum Gasteiger partial charge on any atom is 0.338 e. The summed E-state index contributed by atoms with van der Waals surface area (Å²) in [5, 5.41) is 14.1. The summed E-state index contributed by atoms with van der Waals surface area (Å²) in [5.41, 5.74) is 0.802. The average molecular weight is 405 g/mol. The lowest BCUT2D eigenvalue weighted by molar-refractivity contribution is -0.151. The molecule has 2 aromatic carbocycles. The first-order valence-corrected chi connectivity index (χ1v) is 10.6. The van der Waals surface area contributed by atoms with Crippen molar-refractivity contribution in [1.29, 1.82) is 0 Å². The molecule has 156 valence electrons. The van der Waals surface area contributed by atoms with Crippen LogP contribution in [0, 0.1) is 5.92 Å². The van der Waals surface area contributed by atoms with Crippen LogP contribution < -0.4 is 5.32 Å². The van der Waals surface area contributed by atoms with Crippen LogP contribution in [0.4, 0.5) is 0 Å². The van der Waals surface area contributed by atoms with Gasteiger partial charge in [-0.15, -0.1) is 0 Å². The molecule has 2 N–H and O–H groups in total. The number of carbonyl (C=O) groups is 2. The minimum atomic E-state index is -0.885. The second kappa shape index (κ2) is 8.34. The van der Waals surface area contributed by atoms with E-state index in [1.165, 1.54) is 0 Å². The van der Waals surface area contributed by atoms with Gasteiger partial charge in [0.1, 0.15) is 5.76 Å². The number of amides is 1. The molecule has 1 amide bonds. The van der Waals surface area contributed by atoms with Crippen LogP contribution in [0.3, 0.4) is 0 Å². The fourth-order valence-electron chi connectivity index (χ4n) is 4.62. The predicted molar refractivity (Wildman–Crippen MR) is 114 cm³/mol. The lowest BCUT2D eigenvalue weighted by Gasteiger charge is -2.31. The van der Waals surface area contributed by atoms with Crippen molar-refractivity contribution >= 4 is 11.9 Å². The van der Waals surface area contributed by atoms with E-state index in [-0.39, 0.29) is 17.2 Å². The van der Waals surface area contributed by atoms with Crippen LogP contribution in [-0.2, 0) is 9.53 Å². The molecule has 0 unspecified atom stereocenters. The van der Waals surface area contributed by atoms with Crippen LogP contribution in [0.25, 0.3) is 0 Å². The highest BCUT2D eigenvalue weighted by Crippen LogP contribution is 2.46. The topological polar surface area (TPSA) is 75.6 Å². The minimum absolute atomic E-state index is 0.0505. The number of nitrogens with one attached hydrogen (secondary N) is 1. The van der Waals surface area contributed by atoms with Crippen LogP contribution in [0.5, 0.6) is 0 Å². The first kappa shape index (κ1) is 20.2. The van der Waals surface area contributed by atoms with Gasteiger partial charge in [0, 0.05) is 11.5 Å². The van der Waals surface area contributed by atoms with E-state index in [4.69, 9.17) is 4.74 Å². The molecule has 1 fully saturated rings. The van der Waals surface area contributed by atoms with E-state index in [0.29, 0.717) is 18.4 Å². The zero-order valence-electron chi connectivity index (χ0n) is 17.1. The molecule has 1 aliphatic carbocycles. The highest BCUT2D eigenvalue weighted by atomic mass is 16.6. The van der Waals surface area contributed by atoms with Crippen molar-refractivity contribution in [3.05, 3.63) is 83.1 Å². The van der Waals surface area contributed by atoms with Gasteiger partial charge in [0.25, 0.3) is 5.91 Å². The van der Waals surface area contributed by atoms with Crippen molar-refractivity contribution in [2.75, 3.05) is 0 Å². The maximum absolute atomic E-state index is 12.9. The fraction of sp³-hybridized carbons (Fsp3) is 0.360. The Morgan fingerprint density at radius 3 is 2.23 bits per heavy atom. The monoisotopic (exact) mass is 405 g/mol. The van der Waals surface area contributed by atoms with Gasteiger partial charge in [-0.05, 0) is 43.4 Å². The van der Waals surface area contributed by atoms with E-state index in [1.54, 1.807) is 12.1 Å². The molecule has 1 spiro atoms. The van der Waals surface area contributed by atoms with E-state index in [9.17, 15) is 14.7 Å². The molecule has 2 aromatic rings. The summed E-state index contributed by atoms with van der Waals surface area (Å²) < 4.78 is 5.74. The van der Waals surface area contributed by atoms with Gasteiger partial charge in [0.2, 0.25) is 0 Å². The van der Waals surface area contributed by atoms with Crippen LogP contribution in [0.1, 0.15) is 61.0 Å². The molecule has 1 aliphatic heterocycles. The van der Waals surface area contributed by atoms with E-state index in [2.05, 4.69) is 5.32 Å². The average Bonchev–Trinajstić information content (AvgIpc) is 3.02. The second-order valence-electron chi connectivity index (χ2n) is 8.22. The first-order valence-electron chi connectivity index (χ1n) is 10.6. The number of ether oxygens (including phenoxy) is 1. The van der Waals surface area contributed by atoms with Gasteiger partial charge in [0.05, 0.1) is 11.6 Å². The standard InChI is InChI=1S/C25H27NO4/c1-17(20-22(27)25(30-24(20)29)15-9-4-10-16-25)21(18-11-5-2-6-12-18)26-23(28)19-13-7-3-8-14-19/h2-3,5-8,11-14,17,21,27H,4,9-10,15-16H2,1H3,(H,26,28)/t17-,21-/m1/s1. The highest BCUT2D eigenvalue weighted by molar-refractivity contribution is 5.95. The normalized spacial score (nSPS) is 20.0. The minimum Gasteiger partial charge on any atom is -0.507 e. The largest absolute Gasteiger partial charge is 0.507 e. The Bertz CT molecular complexity index is 946. The molecule has 5 nitrogen and oxygen atoms in total. The van der Waals surface area contributed by atoms with Crippen molar-refractivity contribution in [2.24, 2.45) is 5.92 Å². The Hall–Kier alpha value is -3.08. The molecular formula is C25H27NO4. The Kier molecular flexibility index (Phi) is 5.62. The highest BCUT2D eigenvalue weighted by Gasteiger charge is 2.50. The molecule has 5 heteroatoms. The molecule has 2 aliphatic rings. The van der Waals surface area contributed by atoms with Crippen LogP contribution >= 0.6 is 0 Å². The Morgan fingerprint density at radius 1 is 1.00 bits per heavy atom. The van der Waals surface area contributed by atoms with Crippen molar-refractivity contribution < 1.29 is 19.4 Å². The number of esters is 1. The summed E-state index contributed by atoms with van der Waals surface area (Å²) in [7, 11) is 0. The number of carbonyl (C=O) groups excluding carboxylic acids is 2. The number of benzene rings is 2. The van der Waals surface area contributed by atoms with E-state index in [1.807, 2.05) is 55.5 Å². The molecule has 1 saturated carbocycles. The summed E-state index contributed by atoms with van der Waals surface area (Å²) in [6.45, 7) is 1.86. The summed E-state index contributed by atoms with van der Waals surface area (Å²) in [4.78, 5) is 25.7. The SMILES string of the molecule is C[C@H](C1=C(O)C2(CCCCC2)OC1=O)[C@@H](NC(=O)c1ccccc1)c1ccccc1. The Morgan fingerprint density at radius 2 is 1.60 bits per heavy atom. The Labute approximate surface area is 176 Å². The summed E-state index contributed by atoms with van der Waals surface area (Å²) in [6, 6.07) is 18.0. The lowest BCUT2D eigenvalue weighted by Crippen LogP contribution is -2.34.